The molecule has 1 unspecified atom stereocenters. The van der Waals surface area contributed by atoms with Crippen LogP contribution >= 0.6 is 11.3 Å². The summed E-state index contributed by atoms with van der Waals surface area (Å²) in [5, 5.41) is 0. The third kappa shape index (κ3) is 3.80. The van der Waals surface area contributed by atoms with E-state index >= 15 is 0 Å². The third-order valence-electron chi connectivity index (χ3n) is 4.15. The second-order valence-corrected chi connectivity index (χ2v) is 6.60. The number of aromatic nitrogens is 1. The van der Waals surface area contributed by atoms with Gasteiger partial charge in [0.05, 0.1) is 36.9 Å². The minimum absolute atomic E-state index is 0.00686. The quantitative estimate of drug-likeness (QED) is 0.840. The van der Waals surface area contributed by atoms with Crippen LogP contribution in [0.25, 0.3) is 0 Å². The second kappa shape index (κ2) is 7.25. The Bertz CT molecular complexity index is 635. The summed E-state index contributed by atoms with van der Waals surface area (Å²) >= 11 is 1.55. The van der Waals surface area contributed by atoms with Gasteiger partial charge in [-0.25, -0.2) is 0 Å². The molecule has 1 aliphatic rings. The Morgan fingerprint density at radius 1 is 1.48 bits per heavy atom. The van der Waals surface area contributed by atoms with E-state index in [1.807, 2.05) is 13.0 Å². The molecular weight excluding hydrogens is 314 g/mol. The average molecular weight is 335 g/mol. The molecule has 0 N–H and O–H groups in total. The number of carbonyl (C=O) groups is 1. The normalized spacial score (nSPS) is 17.1. The minimum Gasteiger partial charge on any atom is -0.467 e. The van der Waals surface area contributed by atoms with Crippen molar-refractivity contribution in [2.45, 2.75) is 19.5 Å². The molecule has 124 valence electrons. The molecule has 3 heterocycles. The molecule has 0 aliphatic carbocycles. The molecule has 0 spiro atoms. The van der Waals surface area contributed by atoms with Crippen molar-refractivity contribution in [3.8, 4) is 0 Å². The maximum absolute atomic E-state index is 12.6. The van der Waals surface area contributed by atoms with E-state index in [9.17, 15) is 4.79 Å². The van der Waals surface area contributed by atoms with Gasteiger partial charge in [0.1, 0.15) is 12.0 Å². The molecule has 1 fully saturated rings. The number of thiazole rings is 1. The summed E-state index contributed by atoms with van der Waals surface area (Å²) in [7, 11) is 1.81. The summed E-state index contributed by atoms with van der Waals surface area (Å²) in [5.74, 6) is 0.775. The number of hydrogen-bond acceptors (Lipinski definition) is 6. The first kappa shape index (κ1) is 16.2. The van der Waals surface area contributed by atoms with Crippen molar-refractivity contribution in [2.24, 2.45) is 0 Å². The van der Waals surface area contributed by atoms with Gasteiger partial charge in [-0.1, -0.05) is 0 Å². The summed E-state index contributed by atoms with van der Waals surface area (Å²) in [6, 6.07) is 1.83. The summed E-state index contributed by atoms with van der Waals surface area (Å²) in [6.07, 6.45) is 3.35. The molecule has 0 aromatic carbocycles. The van der Waals surface area contributed by atoms with Crippen molar-refractivity contribution in [1.82, 2.24) is 14.8 Å². The molecule has 0 saturated carbocycles. The van der Waals surface area contributed by atoms with Crippen LogP contribution in [-0.2, 0) is 11.3 Å². The fourth-order valence-corrected chi connectivity index (χ4v) is 3.28. The van der Waals surface area contributed by atoms with Gasteiger partial charge in [0.25, 0.3) is 5.91 Å². The van der Waals surface area contributed by atoms with E-state index in [1.54, 1.807) is 41.3 Å². The van der Waals surface area contributed by atoms with Crippen LogP contribution in [0.15, 0.2) is 28.5 Å². The van der Waals surface area contributed by atoms with Crippen LogP contribution in [0.1, 0.15) is 34.0 Å². The Morgan fingerprint density at radius 2 is 2.26 bits per heavy atom. The van der Waals surface area contributed by atoms with Gasteiger partial charge >= 0.3 is 0 Å². The number of hydrogen-bond donors (Lipinski definition) is 0. The molecule has 23 heavy (non-hydrogen) atoms. The van der Waals surface area contributed by atoms with Crippen LogP contribution in [0.5, 0.6) is 0 Å². The van der Waals surface area contributed by atoms with E-state index in [4.69, 9.17) is 9.15 Å². The van der Waals surface area contributed by atoms with E-state index in [0.29, 0.717) is 12.1 Å². The summed E-state index contributed by atoms with van der Waals surface area (Å²) in [5.41, 5.74) is 2.37. The maximum Gasteiger partial charge on any atom is 0.257 e. The molecule has 3 rings (SSSR count). The Morgan fingerprint density at radius 3 is 2.96 bits per heavy atom. The summed E-state index contributed by atoms with van der Waals surface area (Å²) in [4.78, 5) is 21.7. The van der Waals surface area contributed by atoms with Crippen LogP contribution in [0.2, 0.25) is 0 Å². The average Bonchev–Trinajstić information content (AvgIpc) is 3.25. The van der Waals surface area contributed by atoms with Gasteiger partial charge in [0, 0.05) is 31.2 Å². The number of morpholine rings is 1. The SMILES string of the molecule is CC(c1cncs1)N(C)C(=O)c1coc(CN2CCOCC2)c1. The van der Waals surface area contributed by atoms with Crippen molar-refractivity contribution < 1.29 is 13.9 Å². The molecule has 2 aromatic rings. The lowest BCUT2D eigenvalue weighted by atomic mass is 10.2. The van der Waals surface area contributed by atoms with Crippen LogP contribution in [0.3, 0.4) is 0 Å². The zero-order chi connectivity index (χ0) is 16.2. The molecule has 1 atom stereocenters. The Labute approximate surface area is 139 Å². The van der Waals surface area contributed by atoms with E-state index < -0.39 is 0 Å². The minimum atomic E-state index is -0.0390. The van der Waals surface area contributed by atoms with Crippen molar-refractivity contribution in [3.05, 3.63) is 40.2 Å². The van der Waals surface area contributed by atoms with Gasteiger partial charge in [0.15, 0.2) is 0 Å². The van der Waals surface area contributed by atoms with Gasteiger partial charge < -0.3 is 14.1 Å². The van der Waals surface area contributed by atoms with E-state index in [2.05, 4.69) is 9.88 Å². The molecular formula is C16H21N3O3S. The Balaban J connectivity index is 1.63. The van der Waals surface area contributed by atoms with Gasteiger partial charge in [-0.2, -0.15) is 0 Å². The molecule has 6 nitrogen and oxygen atoms in total. The first-order valence-electron chi connectivity index (χ1n) is 7.68. The molecule has 2 aromatic heterocycles. The molecule has 7 heteroatoms. The zero-order valence-corrected chi connectivity index (χ0v) is 14.2. The summed E-state index contributed by atoms with van der Waals surface area (Å²) in [6.45, 7) is 6.01. The van der Waals surface area contributed by atoms with Gasteiger partial charge in [-0.15, -0.1) is 11.3 Å². The lowest BCUT2D eigenvalue weighted by Gasteiger charge is -2.25. The van der Waals surface area contributed by atoms with Crippen LogP contribution in [0.4, 0.5) is 0 Å². The van der Waals surface area contributed by atoms with Crippen LogP contribution < -0.4 is 0 Å². The standard InChI is InChI=1S/C16H21N3O3S/c1-12(15-8-17-11-23-15)18(2)16(20)13-7-14(22-10-13)9-19-3-5-21-6-4-19/h7-8,10-12H,3-6,9H2,1-2H3. The number of nitrogens with zero attached hydrogens (tertiary/aromatic N) is 3. The smallest absolute Gasteiger partial charge is 0.257 e. The first-order valence-corrected chi connectivity index (χ1v) is 8.56. The number of carbonyl (C=O) groups excluding carboxylic acids is 1. The molecule has 0 radical (unpaired) electrons. The van der Waals surface area contributed by atoms with Gasteiger partial charge in [-0.05, 0) is 13.0 Å². The highest BCUT2D eigenvalue weighted by Crippen LogP contribution is 2.24. The third-order valence-corrected chi connectivity index (χ3v) is 5.09. The fourth-order valence-electron chi connectivity index (χ4n) is 2.56. The predicted octanol–water partition coefficient (Wildman–Crippen LogP) is 2.40. The Hall–Kier alpha value is -1.70. The molecule has 1 saturated heterocycles. The topological polar surface area (TPSA) is 58.8 Å². The van der Waals surface area contributed by atoms with Gasteiger partial charge in [0.2, 0.25) is 0 Å². The zero-order valence-electron chi connectivity index (χ0n) is 13.4. The number of ether oxygens (including phenoxy) is 1. The van der Waals surface area contributed by atoms with Crippen molar-refractivity contribution >= 4 is 17.2 Å². The first-order chi connectivity index (χ1) is 11.1. The molecule has 0 bridgehead atoms. The lowest BCUT2D eigenvalue weighted by molar-refractivity contribution is 0.0313. The second-order valence-electron chi connectivity index (χ2n) is 5.69. The van der Waals surface area contributed by atoms with E-state index in [1.165, 1.54) is 0 Å². The van der Waals surface area contributed by atoms with E-state index in [0.717, 1.165) is 36.9 Å². The Kier molecular flexibility index (Phi) is 5.09. The fraction of sp³-hybridized carbons (Fsp3) is 0.500. The van der Waals surface area contributed by atoms with Crippen molar-refractivity contribution in [1.29, 1.82) is 0 Å². The largest absolute Gasteiger partial charge is 0.467 e. The highest BCUT2D eigenvalue weighted by molar-refractivity contribution is 7.09. The van der Waals surface area contributed by atoms with Crippen LogP contribution in [-0.4, -0.2) is 54.0 Å². The number of rotatable bonds is 5. The maximum atomic E-state index is 12.6. The predicted molar refractivity (Wildman–Crippen MR) is 87.4 cm³/mol. The van der Waals surface area contributed by atoms with Crippen molar-refractivity contribution in [3.63, 3.8) is 0 Å². The van der Waals surface area contributed by atoms with E-state index in [-0.39, 0.29) is 11.9 Å². The van der Waals surface area contributed by atoms with Crippen molar-refractivity contribution in [2.75, 3.05) is 33.4 Å². The molecule has 1 aliphatic heterocycles. The molecule has 1 amide bonds. The lowest BCUT2D eigenvalue weighted by Crippen LogP contribution is -2.35. The monoisotopic (exact) mass is 335 g/mol. The number of amides is 1. The highest BCUT2D eigenvalue weighted by Gasteiger charge is 2.22. The van der Waals surface area contributed by atoms with Crippen LogP contribution in [0, 0.1) is 0 Å². The number of furan rings is 1. The summed E-state index contributed by atoms with van der Waals surface area (Å²) < 4.78 is 10.9. The highest BCUT2D eigenvalue weighted by atomic mass is 32.1. The van der Waals surface area contributed by atoms with Gasteiger partial charge in [-0.3, -0.25) is 14.7 Å².